The average molecular weight is 425 g/mol. The molecule has 3 rings (SSSR count). The molecule has 142 valence electrons. The zero-order chi connectivity index (χ0) is 18.5. The van der Waals surface area contributed by atoms with Gasteiger partial charge in [0.1, 0.15) is 6.10 Å². The van der Waals surface area contributed by atoms with Crippen LogP contribution in [0, 0.1) is 0 Å². The summed E-state index contributed by atoms with van der Waals surface area (Å²) in [5, 5.41) is 3.07. The van der Waals surface area contributed by atoms with Crippen molar-refractivity contribution < 1.29 is 9.53 Å². The van der Waals surface area contributed by atoms with Gasteiger partial charge in [0.2, 0.25) is 0 Å². The monoisotopic (exact) mass is 423 g/mol. The first kappa shape index (κ1) is 21.5. The largest absolute Gasteiger partial charge is 0.458 e. The summed E-state index contributed by atoms with van der Waals surface area (Å²) in [6.07, 6.45) is 0.781. The molecule has 0 heterocycles. The van der Waals surface area contributed by atoms with Crippen molar-refractivity contribution in [1.29, 1.82) is 0 Å². The van der Waals surface area contributed by atoms with Crippen molar-refractivity contribution in [2.45, 2.75) is 18.9 Å². The molecule has 3 aromatic rings. The number of nitrogens with two attached hydrogens (primary N) is 1. The third kappa shape index (κ3) is 5.60. The molecule has 0 bridgehead atoms. The summed E-state index contributed by atoms with van der Waals surface area (Å²) in [5.41, 5.74) is 7.16. The molecule has 0 fully saturated rings. The predicted octanol–water partition coefficient (Wildman–Crippen LogP) is 5.69. The second kappa shape index (κ2) is 9.95. The van der Waals surface area contributed by atoms with E-state index < -0.39 is 0 Å². The van der Waals surface area contributed by atoms with Crippen molar-refractivity contribution in [1.82, 2.24) is 0 Å². The third-order valence-electron chi connectivity index (χ3n) is 4.19. The van der Waals surface area contributed by atoms with Gasteiger partial charge in [-0.3, -0.25) is 0 Å². The molecule has 0 amide bonds. The quantitative estimate of drug-likeness (QED) is 0.517. The van der Waals surface area contributed by atoms with Crippen LogP contribution in [-0.2, 0) is 11.2 Å². The van der Waals surface area contributed by atoms with E-state index in [0.717, 1.165) is 16.3 Å². The van der Waals surface area contributed by atoms with Crippen molar-refractivity contribution in [3.63, 3.8) is 0 Å². The van der Waals surface area contributed by atoms with Gasteiger partial charge in [0.05, 0.1) is 15.6 Å². The van der Waals surface area contributed by atoms with Gasteiger partial charge in [-0.15, -0.1) is 12.4 Å². The number of hydrogen-bond donors (Lipinski definition) is 1. The number of rotatable bonds is 6. The van der Waals surface area contributed by atoms with Crippen LogP contribution in [0.4, 0.5) is 0 Å². The first-order chi connectivity index (χ1) is 12.6. The number of esters is 1. The Morgan fingerprint density at radius 3 is 2.41 bits per heavy atom. The summed E-state index contributed by atoms with van der Waals surface area (Å²) in [4.78, 5) is 12.6. The van der Waals surface area contributed by atoms with Crippen LogP contribution in [0.2, 0.25) is 10.0 Å². The minimum absolute atomic E-state index is 0. The lowest BCUT2D eigenvalue weighted by molar-refractivity contribution is 0.0289. The van der Waals surface area contributed by atoms with E-state index >= 15 is 0 Å². The van der Waals surface area contributed by atoms with Gasteiger partial charge in [0.15, 0.2) is 0 Å². The second-order valence-corrected chi connectivity index (χ2v) is 6.93. The minimum atomic E-state index is -0.353. The van der Waals surface area contributed by atoms with E-state index in [-0.39, 0.29) is 24.5 Å². The average Bonchev–Trinajstić information content (AvgIpc) is 2.64. The summed E-state index contributed by atoms with van der Waals surface area (Å²) in [6, 6.07) is 18.8. The van der Waals surface area contributed by atoms with Crippen molar-refractivity contribution in [3.8, 4) is 0 Å². The van der Waals surface area contributed by atoms with Crippen molar-refractivity contribution in [3.05, 3.63) is 81.8 Å². The first-order valence-electron chi connectivity index (χ1n) is 8.40. The second-order valence-electron chi connectivity index (χ2n) is 6.12. The zero-order valence-corrected chi connectivity index (χ0v) is 16.9. The minimum Gasteiger partial charge on any atom is -0.458 e. The zero-order valence-electron chi connectivity index (χ0n) is 14.5. The third-order valence-corrected chi connectivity index (χ3v) is 4.93. The summed E-state index contributed by atoms with van der Waals surface area (Å²) in [7, 11) is 0. The molecule has 27 heavy (non-hydrogen) atoms. The standard InChI is InChI=1S/C21H19Cl2NO2.ClH/c22-19-8-5-14(12-20(19)23)11-18(9-10-24)26-21(25)17-7-6-15-3-1-2-4-16(15)13-17;/h1-8,12-13,18H,9-11,24H2;1H/t18-;/m1./s1. The predicted molar refractivity (Wildman–Crippen MR) is 114 cm³/mol. The summed E-state index contributed by atoms with van der Waals surface area (Å²) < 4.78 is 5.70. The summed E-state index contributed by atoms with van der Waals surface area (Å²) in [6.45, 7) is 0.428. The van der Waals surface area contributed by atoms with Gasteiger partial charge in [0.25, 0.3) is 0 Å². The maximum atomic E-state index is 12.6. The van der Waals surface area contributed by atoms with Crippen LogP contribution in [0.3, 0.4) is 0 Å². The van der Waals surface area contributed by atoms with Crippen molar-refractivity contribution in [2.75, 3.05) is 6.54 Å². The van der Waals surface area contributed by atoms with Gasteiger partial charge < -0.3 is 10.5 Å². The molecule has 6 heteroatoms. The molecule has 0 aromatic heterocycles. The Morgan fingerprint density at radius 2 is 1.70 bits per heavy atom. The molecule has 2 N–H and O–H groups in total. The fraction of sp³-hybridized carbons (Fsp3) is 0.190. The highest BCUT2D eigenvalue weighted by Crippen LogP contribution is 2.24. The molecule has 0 saturated carbocycles. The Hall–Kier alpha value is -1.78. The molecular formula is C21H20Cl3NO2. The Morgan fingerprint density at radius 1 is 0.963 bits per heavy atom. The molecule has 0 unspecified atom stereocenters. The van der Waals surface area contributed by atoms with Gasteiger partial charge in [0, 0.05) is 6.42 Å². The number of fused-ring (bicyclic) bond motifs is 1. The Labute approximate surface area is 174 Å². The molecule has 0 saturated heterocycles. The van der Waals surface area contributed by atoms with Crippen LogP contribution in [0.15, 0.2) is 60.7 Å². The molecule has 0 aliphatic heterocycles. The normalized spacial score (nSPS) is 11.7. The van der Waals surface area contributed by atoms with Crippen LogP contribution < -0.4 is 5.73 Å². The van der Waals surface area contributed by atoms with Crippen LogP contribution in [0.1, 0.15) is 22.3 Å². The van der Waals surface area contributed by atoms with E-state index in [1.165, 1.54) is 0 Å². The van der Waals surface area contributed by atoms with Crippen molar-refractivity contribution >= 4 is 52.4 Å². The van der Waals surface area contributed by atoms with Gasteiger partial charge >= 0.3 is 5.97 Å². The number of carbonyl (C=O) groups excluding carboxylic acids is 1. The van der Waals surface area contributed by atoms with Gasteiger partial charge in [-0.1, -0.05) is 59.6 Å². The van der Waals surface area contributed by atoms with E-state index in [4.69, 9.17) is 33.7 Å². The van der Waals surface area contributed by atoms with Crippen LogP contribution >= 0.6 is 35.6 Å². The highest BCUT2D eigenvalue weighted by Gasteiger charge is 2.17. The molecule has 3 aromatic carbocycles. The topological polar surface area (TPSA) is 52.3 Å². The van der Waals surface area contributed by atoms with E-state index in [1.807, 2.05) is 42.5 Å². The summed E-state index contributed by atoms with van der Waals surface area (Å²) >= 11 is 12.0. The lowest BCUT2D eigenvalue weighted by atomic mass is 10.0. The number of benzene rings is 3. The van der Waals surface area contributed by atoms with Gasteiger partial charge in [-0.2, -0.15) is 0 Å². The van der Waals surface area contributed by atoms with Crippen LogP contribution in [0.25, 0.3) is 10.8 Å². The molecular weight excluding hydrogens is 405 g/mol. The maximum absolute atomic E-state index is 12.6. The molecule has 0 spiro atoms. The SMILES string of the molecule is Cl.NCC[C@H](Cc1ccc(Cl)c(Cl)c1)OC(=O)c1ccc2ccccc2c1. The number of halogens is 3. The fourth-order valence-corrected chi connectivity index (χ4v) is 3.17. The molecule has 3 nitrogen and oxygen atoms in total. The molecule has 0 aliphatic carbocycles. The highest BCUT2D eigenvalue weighted by molar-refractivity contribution is 6.42. The van der Waals surface area contributed by atoms with Crippen LogP contribution in [-0.4, -0.2) is 18.6 Å². The van der Waals surface area contributed by atoms with Gasteiger partial charge in [-0.25, -0.2) is 4.79 Å². The number of carbonyl (C=O) groups is 1. The van der Waals surface area contributed by atoms with E-state index in [1.54, 1.807) is 18.2 Å². The lowest BCUT2D eigenvalue weighted by Crippen LogP contribution is -2.24. The maximum Gasteiger partial charge on any atom is 0.338 e. The number of hydrogen-bond acceptors (Lipinski definition) is 3. The first-order valence-corrected chi connectivity index (χ1v) is 9.16. The summed E-state index contributed by atoms with van der Waals surface area (Å²) in [5.74, 6) is -0.353. The smallest absolute Gasteiger partial charge is 0.338 e. The van der Waals surface area contributed by atoms with E-state index in [9.17, 15) is 4.79 Å². The van der Waals surface area contributed by atoms with Crippen molar-refractivity contribution in [2.24, 2.45) is 5.73 Å². The number of ether oxygens (including phenoxy) is 1. The fourth-order valence-electron chi connectivity index (χ4n) is 2.85. The molecule has 0 aliphatic rings. The van der Waals surface area contributed by atoms with E-state index in [0.29, 0.717) is 35.0 Å². The molecule has 1 atom stereocenters. The Kier molecular flexibility index (Phi) is 7.93. The molecule has 0 radical (unpaired) electrons. The van der Waals surface area contributed by atoms with Gasteiger partial charge in [-0.05, 0) is 53.6 Å². The Balaban J connectivity index is 0.00000261. The van der Waals surface area contributed by atoms with Crippen LogP contribution in [0.5, 0.6) is 0 Å². The Bertz CT molecular complexity index is 930. The van der Waals surface area contributed by atoms with E-state index in [2.05, 4.69) is 0 Å². The highest BCUT2D eigenvalue weighted by atomic mass is 35.5. The lowest BCUT2D eigenvalue weighted by Gasteiger charge is -2.18.